The number of esters is 2. The Kier molecular flexibility index (Phi) is 11.6. The second-order valence-corrected chi connectivity index (χ2v) is 7.02. The third-order valence-electron chi connectivity index (χ3n) is 3.47. The van der Waals surface area contributed by atoms with E-state index in [1.54, 1.807) is 12.4 Å². The van der Waals surface area contributed by atoms with Crippen molar-refractivity contribution < 1.29 is 23.9 Å². The van der Waals surface area contributed by atoms with Gasteiger partial charge in [0.05, 0.1) is 12.5 Å². The third-order valence-corrected chi connectivity index (χ3v) is 4.68. The molecular formula is C19H27N3O5S. The molecule has 0 radical (unpaired) electrons. The maximum absolute atomic E-state index is 12.0. The van der Waals surface area contributed by atoms with Crippen LogP contribution in [0, 0.1) is 0 Å². The van der Waals surface area contributed by atoms with Crippen molar-refractivity contribution in [3.63, 3.8) is 0 Å². The molecule has 2 atom stereocenters. The van der Waals surface area contributed by atoms with Gasteiger partial charge in [0.25, 0.3) is 0 Å². The van der Waals surface area contributed by atoms with Crippen LogP contribution in [-0.4, -0.2) is 59.6 Å². The lowest BCUT2D eigenvalue weighted by atomic mass is 10.2. The van der Waals surface area contributed by atoms with Gasteiger partial charge in [0.1, 0.15) is 12.7 Å². The quantitative estimate of drug-likeness (QED) is 0.363. The maximum atomic E-state index is 12.0. The Morgan fingerprint density at radius 1 is 1.32 bits per heavy atom. The van der Waals surface area contributed by atoms with Crippen LogP contribution in [0.3, 0.4) is 0 Å². The van der Waals surface area contributed by atoms with E-state index in [4.69, 9.17) is 15.2 Å². The van der Waals surface area contributed by atoms with Crippen molar-refractivity contribution in [2.75, 3.05) is 24.7 Å². The molecule has 1 aromatic heterocycles. The number of rotatable bonds is 13. The van der Waals surface area contributed by atoms with E-state index in [9.17, 15) is 14.4 Å². The Labute approximate surface area is 169 Å². The molecule has 8 nitrogen and oxygen atoms in total. The molecule has 2 unspecified atom stereocenters. The summed E-state index contributed by atoms with van der Waals surface area (Å²) in [5.41, 5.74) is 6.98. The first kappa shape index (κ1) is 23.6. The number of ether oxygens (including phenoxy) is 2. The molecule has 154 valence electrons. The highest BCUT2D eigenvalue weighted by molar-refractivity contribution is 7.99. The van der Waals surface area contributed by atoms with Gasteiger partial charge in [0, 0.05) is 37.4 Å². The van der Waals surface area contributed by atoms with Gasteiger partial charge in [-0.2, -0.15) is 11.8 Å². The monoisotopic (exact) mass is 409 g/mol. The van der Waals surface area contributed by atoms with E-state index in [1.165, 1.54) is 24.8 Å². The Bertz CT molecular complexity index is 642. The molecule has 1 amide bonds. The zero-order valence-electron chi connectivity index (χ0n) is 16.0. The summed E-state index contributed by atoms with van der Waals surface area (Å²) in [6.45, 7) is 5.17. The molecule has 0 aromatic carbocycles. The van der Waals surface area contributed by atoms with E-state index >= 15 is 0 Å². The zero-order valence-corrected chi connectivity index (χ0v) is 16.8. The predicted molar refractivity (Wildman–Crippen MR) is 108 cm³/mol. The van der Waals surface area contributed by atoms with Crippen LogP contribution in [-0.2, 0) is 30.3 Å². The molecule has 0 aliphatic heterocycles. The second kappa shape index (κ2) is 13.7. The first-order valence-electron chi connectivity index (χ1n) is 8.86. The van der Waals surface area contributed by atoms with E-state index in [0.29, 0.717) is 24.5 Å². The molecule has 0 saturated heterocycles. The van der Waals surface area contributed by atoms with Crippen molar-refractivity contribution in [1.29, 1.82) is 0 Å². The number of hydrogen-bond donors (Lipinski definition) is 2. The zero-order chi connectivity index (χ0) is 20.8. The van der Waals surface area contributed by atoms with E-state index in [1.807, 2.05) is 12.1 Å². The largest absolute Gasteiger partial charge is 0.461 e. The fraction of sp³-hybridized carbons (Fsp3) is 0.474. The third kappa shape index (κ3) is 10.7. The molecule has 1 aromatic rings. The van der Waals surface area contributed by atoms with E-state index < -0.39 is 24.1 Å². The number of aromatic nitrogens is 1. The van der Waals surface area contributed by atoms with Crippen LogP contribution in [0.15, 0.2) is 37.2 Å². The van der Waals surface area contributed by atoms with Crippen molar-refractivity contribution in [2.24, 2.45) is 5.73 Å². The lowest BCUT2D eigenvalue weighted by molar-refractivity contribution is -0.155. The average molecular weight is 410 g/mol. The molecule has 0 saturated carbocycles. The SMILES string of the molecule is C=CCC(=O)OCC(CSCC(N)C(=O)NCCc1ccncc1)OC(C)=O. The van der Waals surface area contributed by atoms with Gasteiger partial charge in [-0.1, -0.05) is 6.08 Å². The molecule has 0 aliphatic carbocycles. The number of amides is 1. The van der Waals surface area contributed by atoms with Crippen LogP contribution in [0.5, 0.6) is 0 Å². The molecule has 1 rings (SSSR count). The topological polar surface area (TPSA) is 121 Å². The van der Waals surface area contributed by atoms with E-state index in [-0.39, 0.29) is 18.9 Å². The fourth-order valence-corrected chi connectivity index (χ4v) is 3.09. The highest BCUT2D eigenvalue weighted by atomic mass is 32.2. The predicted octanol–water partition coefficient (Wildman–Crippen LogP) is 0.852. The van der Waals surface area contributed by atoms with Crippen molar-refractivity contribution in [3.8, 4) is 0 Å². The number of carbonyl (C=O) groups excluding carboxylic acids is 3. The number of pyridine rings is 1. The Morgan fingerprint density at radius 3 is 2.68 bits per heavy atom. The van der Waals surface area contributed by atoms with Crippen molar-refractivity contribution in [3.05, 3.63) is 42.7 Å². The van der Waals surface area contributed by atoms with Crippen LogP contribution in [0.25, 0.3) is 0 Å². The van der Waals surface area contributed by atoms with Crippen molar-refractivity contribution in [2.45, 2.75) is 31.9 Å². The summed E-state index contributed by atoms with van der Waals surface area (Å²) in [6, 6.07) is 3.08. The molecule has 3 N–H and O–H groups in total. The Hall–Kier alpha value is -2.39. The molecule has 28 heavy (non-hydrogen) atoms. The number of nitrogens with one attached hydrogen (secondary N) is 1. The van der Waals surface area contributed by atoms with E-state index in [2.05, 4.69) is 16.9 Å². The van der Waals surface area contributed by atoms with Crippen LogP contribution in [0.1, 0.15) is 18.9 Å². The normalized spacial score (nSPS) is 12.5. The number of hydrogen-bond acceptors (Lipinski definition) is 8. The lowest BCUT2D eigenvalue weighted by Crippen LogP contribution is -2.43. The summed E-state index contributed by atoms with van der Waals surface area (Å²) in [6.07, 6.45) is 5.02. The van der Waals surface area contributed by atoms with Crippen molar-refractivity contribution in [1.82, 2.24) is 10.3 Å². The minimum Gasteiger partial charge on any atom is -0.461 e. The molecule has 0 spiro atoms. The summed E-state index contributed by atoms with van der Waals surface area (Å²) < 4.78 is 10.2. The van der Waals surface area contributed by atoms with Crippen LogP contribution in [0.4, 0.5) is 0 Å². The molecule has 9 heteroatoms. The molecule has 0 bridgehead atoms. The summed E-state index contributed by atoms with van der Waals surface area (Å²) in [5.74, 6) is -0.452. The van der Waals surface area contributed by atoms with Gasteiger partial charge in [-0.3, -0.25) is 19.4 Å². The number of thioether (sulfide) groups is 1. The summed E-state index contributed by atoms with van der Waals surface area (Å²) in [4.78, 5) is 38.6. The maximum Gasteiger partial charge on any atom is 0.309 e. The summed E-state index contributed by atoms with van der Waals surface area (Å²) in [7, 11) is 0. The lowest BCUT2D eigenvalue weighted by Gasteiger charge is -2.18. The smallest absolute Gasteiger partial charge is 0.309 e. The standard InChI is InChI=1S/C19H27N3O5S/c1-3-4-18(24)26-11-16(27-14(2)23)12-28-13-17(20)19(25)22-10-7-15-5-8-21-9-6-15/h3,5-6,8-9,16-17H,1,4,7,10-13,20H2,2H3,(H,22,25). The minimum absolute atomic E-state index is 0.0490. The minimum atomic E-state index is -0.691. The van der Waals surface area contributed by atoms with Gasteiger partial charge in [-0.15, -0.1) is 6.58 Å². The number of nitrogens with zero attached hydrogens (tertiary/aromatic N) is 1. The molecule has 1 heterocycles. The van der Waals surface area contributed by atoms with Gasteiger partial charge in [-0.05, 0) is 24.1 Å². The number of nitrogens with two attached hydrogens (primary N) is 1. The van der Waals surface area contributed by atoms with Gasteiger partial charge < -0.3 is 20.5 Å². The van der Waals surface area contributed by atoms with Crippen molar-refractivity contribution >= 4 is 29.6 Å². The Morgan fingerprint density at radius 2 is 2.04 bits per heavy atom. The van der Waals surface area contributed by atoms with Gasteiger partial charge in [-0.25, -0.2) is 0 Å². The fourth-order valence-electron chi connectivity index (χ4n) is 2.13. The Balaban J connectivity index is 2.29. The van der Waals surface area contributed by atoms with Gasteiger partial charge >= 0.3 is 11.9 Å². The first-order chi connectivity index (χ1) is 13.4. The highest BCUT2D eigenvalue weighted by Gasteiger charge is 2.18. The first-order valence-corrected chi connectivity index (χ1v) is 10.0. The highest BCUT2D eigenvalue weighted by Crippen LogP contribution is 2.09. The van der Waals surface area contributed by atoms with E-state index in [0.717, 1.165) is 5.56 Å². The second-order valence-electron chi connectivity index (χ2n) is 5.95. The van der Waals surface area contributed by atoms with Gasteiger partial charge in [0.15, 0.2) is 0 Å². The van der Waals surface area contributed by atoms with Gasteiger partial charge in [0.2, 0.25) is 5.91 Å². The summed E-state index contributed by atoms with van der Waals surface area (Å²) >= 11 is 1.35. The average Bonchev–Trinajstić information content (AvgIpc) is 2.66. The molecule has 0 fully saturated rings. The van der Waals surface area contributed by atoms with Crippen LogP contribution >= 0.6 is 11.8 Å². The molecular weight excluding hydrogens is 382 g/mol. The number of carbonyl (C=O) groups is 3. The molecule has 0 aliphatic rings. The summed E-state index contributed by atoms with van der Waals surface area (Å²) in [5, 5.41) is 2.79. The van der Waals surface area contributed by atoms with Crippen LogP contribution < -0.4 is 11.1 Å². The van der Waals surface area contributed by atoms with Crippen LogP contribution in [0.2, 0.25) is 0 Å².